The molecule has 1 aromatic rings. The summed E-state index contributed by atoms with van der Waals surface area (Å²) < 4.78 is 0. The van der Waals surface area contributed by atoms with Crippen LogP contribution in [0.15, 0.2) is 24.3 Å². The van der Waals surface area contributed by atoms with Crippen LogP contribution in [-0.2, 0) is 4.79 Å². The van der Waals surface area contributed by atoms with Gasteiger partial charge in [-0.05, 0) is 31.5 Å². The van der Waals surface area contributed by atoms with Gasteiger partial charge in [0.2, 0.25) is 5.91 Å². The Hall–Kier alpha value is -1.39. The summed E-state index contributed by atoms with van der Waals surface area (Å²) in [5.74, 6) is -0.0771. The fourth-order valence-corrected chi connectivity index (χ4v) is 1.55. The Morgan fingerprint density at radius 3 is 2.71 bits per heavy atom. The molecule has 0 spiro atoms. The lowest BCUT2D eigenvalue weighted by Crippen LogP contribution is -2.27. The van der Waals surface area contributed by atoms with Crippen LogP contribution in [0.25, 0.3) is 0 Å². The maximum atomic E-state index is 10.9. The lowest BCUT2D eigenvalue weighted by Gasteiger charge is -2.16. The monoisotopic (exact) mass is 236 g/mol. The molecule has 1 amide bonds. The van der Waals surface area contributed by atoms with Gasteiger partial charge in [-0.2, -0.15) is 0 Å². The second-order valence-corrected chi connectivity index (χ2v) is 4.29. The van der Waals surface area contributed by atoms with Crippen LogP contribution >= 0.6 is 0 Å². The van der Waals surface area contributed by atoms with Gasteiger partial charge in [0, 0.05) is 25.2 Å². The van der Waals surface area contributed by atoms with Gasteiger partial charge < -0.3 is 15.7 Å². The third-order valence-corrected chi connectivity index (χ3v) is 2.43. The fraction of sp³-hybridized carbons (Fsp3) is 0.462. The van der Waals surface area contributed by atoms with Crippen molar-refractivity contribution in [3.63, 3.8) is 0 Å². The van der Waals surface area contributed by atoms with Gasteiger partial charge >= 0.3 is 0 Å². The minimum Gasteiger partial charge on any atom is -0.392 e. The second-order valence-electron chi connectivity index (χ2n) is 4.29. The molecule has 4 nitrogen and oxygen atoms in total. The number of aliphatic hydroxyl groups excluding tert-OH is 1. The lowest BCUT2D eigenvalue weighted by atomic mass is 10.1. The van der Waals surface area contributed by atoms with Crippen LogP contribution in [0.3, 0.4) is 0 Å². The number of aliphatic hydroxyl groups is 1. The largest absolute Gasteiger partial charge is 0.392 e. The SMILES string of the molecule is CC(=O)Nc1cccc(C(C)NC[C@H](C)O)c1. The van der Waals surface area contributed by atoms with E-state index in [1.54, 1.807) is 6.92 Å². The van der Waals surface area contributed by atoms with Gasteiger partial charge in [0.1, 0.15) is 0 Å². The Balaban J connectivity index is 2.66. The zero-order valence-electron chi connectivity index (χ0n) is 10.5. The van der Waals surface area contributed by atoms with Gasteiger partial charge in [0.15, 0.2) is 0 Å². The maximum Gasteiger partial charge on any atom is 0.221 e. The fourth-order valence-electron chi connectivity index (χ4n) is 1.55. The number of hydrogen-bond donors (Lipinski definition) is 3. The predicted molar refractivity (Wildman–Crippen MR) is 68.8 cm³/mol. The van der Waals surface area contributed by atoms with E-state index < -0.39 is 0 Å². The highest BCUT2D eigenvalue weighted by Gasteiger charge is 2.06. The van der Waals surface area contributed by atoms with E-state index in [0.29, 0.717) is 6.54 Å². The van der Waals surface area contributed by atoms with Gasteiger partial charge in [-0.25, -0.2) is 0 Å². The van der Waals surface area contributed by atoms with E-state index in [1.807, 2.05) is 31.2 Å². The first-order valence-electron chi connectivity index (χ1n) is 5.78. The van der Waals surface area contributed by atoms with Gasteiger partial charge in [0.25, 0.3) is 0 Å². The van der Waals surface area contributed by atoms with Crippen LogP contribution in [0.4, 0.5) is 5.69 Å². The molecular weight excluding hydrogens is 216 g/mol. The van der Waals surface area contributed by atoms with Crippen LogP contribution in [-0.4, -0.2) is 23.7 Å². The Kier molecular flexibility index (Phi) is 5.12. The Bertz CT molecular complexity index is 377. The highest BCUT2D eigenvalue weighted by atomic mass is 16.3. The Morgan fingerprint density at radius 2 is 2.12 bits per heavy atom. The van der Waals surface area contributed by atoms with Crippen molar-refractivity contribution in [2.24, 2.45) is 0 Å². The molecule has 3 N–H and O–H groups in total. The first-order chi connectivity index (χ1) is 7.99. The molecule has 0 radical (unpaired) electrons. The minimum absolute atomic E-state index is 0.0771. The van der Waals surface area contributed by atoms with Crippen molar-refractivity contribution in [2.45, 2.75) is 32.9 Å². The summed E-state index contributed by atoms with van der Waals surface area (Å²) in [7, 11) is 0. The number of anilines is 1. The van der Waals surface area contributed by atoms with Gasteiger partial charge in [0.05, 0.1) is 6.10 Å². The van der Waals surface area contributed by atoms with E-state index in [0.717, 1.165) is 11.3 Å². The molecule has 1 unspecified atom stereocenters. The van der Waals surface area contributed by atoms with Crippen LogP contribution in [0.5, 0.6) is 0 Å². The van der Waals surface area contributed by atoms with Crippen LogP contribution < -0.4 is 10.6 Å². The number of nitrogens with one attached hydrogen (secondary N) is 2. The van der Waals surface area contributed by atoms with Crippen molar-refractivity contribution in [3.8, 4) is 0 Å². The quantitative estimate of drug-likeness (QED) is 0.729. The number of hydrogen-bond acceptors (Lipinski definition) is 3. The Morgan fingerprint density at radius 1 is 1.41 bits per heavy atom. The van der Waals surface area contributed by atoms with Crippen LogP contribution in [0, 0.1) is 0 Å². The molecule has 0 aromatic heterocycles. The van der Waals surface area contributed by atoms with Gasteiger partial charge in [-0.3, -0.25) is 4.79 Å². The summed E-state index contributed by atoms with van der Waals surface area (Å²) >= 11 is 0. The summed E-state index contributed by atoms with van der Waals surface area (Å²) in [6, 6.07) is 7.82. The summed E-state index contributed by atoms with van der Waals surface area (Å²) in [6.07, 6.45) is -0.365. The van der Waals surface area contributed by atoms with Gasteiger partial charge in [-0.1, -0.05) is 12.1 Å². The lowest BCUT2D eigenvalue weighted by molar-refractivity contribution is -0.114. The van der Waals surface area contributed by atoms with E-state index in [2.05, 4.69) is 10.6 Å². The third-order valence-electron chi connectivity index (χ3n) is 2.43. The number of amides is 1. The second kappa shape index (κ2) is 6.37. The van der Waals surface area contributed by atoms with E-state index in [1.165, 1.54) is 6.92 Å². The van der Waals surface area contributed by atoms with E-state index in [9.17, 15) is 9.90 Å². The van der Waals surface area contributed by atoms with Crippen molar-refractivity contribution in [1.29, 1.82) is 0 Å². The average Bonchev–Trinajstić information content (AvgIpc) is 2.25. The highest BCUT2D eigenvalue weighted by molar-refractivity contribution is 5.88. The minimum atomic E-state index is -0.365. The molecule has 0 fully saturated rings. The van der Waals surface area contributed by atoms with E-state index in [4.69, 9.17) is 0 Å². The predicted octanol–water partition coefficient (Wildman–Crippen LogP) is 1.68. The number of benzene rings is 1. The van der Waals surface area contributed by atoms with Crippen LogP contribution in [0.1, 0.15) is 32.4 Å². The standard InChI is InChI=1S/C13H20N2O2/c1-9(16)8-14-10(2)12-5-4-6-13(7-12)15-11(3)17/h4-7,9-10,14,16H,8H2,1-3H3,(H,15,17)/t9-,10?/m0/s1. The van der Waals surface area contributed by atoms with Crippen molar-refractivity contribution in [2.75, 3.05) is 11.9 Å². The molecule has 0 saturated carbocycles. The molecule has 0 heterocycles. The van der Waals surface area contributed by atoms with E-state index >= 15 is 0 Å². The molecule has 1 rings (SSSR count). The molecule has 0 saturated heterocycles. The summed E-state index contributed by atoms with van der Waals surface area (Å²) in [5, 5.41) is 15.2. The molecule has 0 bridgehead atoms. The molecule has 94 valence electrons. The summed E-state index contributed by atoms with van der Waals surface area (Å²) in [5.41, 5.74) is 1.87. The first kappa shape index (κ1) is 13.7. The number of carbonyl (C=O) groups is 1. The van der Waals surface area contributed by atoms with Crippen molar-refractivity contribution < 1.29 is 9.90 Å². The smallest absolute Gasteiger partial charge is 0.221 e. The molecule has 0 aliphatic heterocycles. The number of rotatable bonds is 5. The van der Waals surface area contributed by atoms with E-state index in [-0.39, 0.29) is 18.1 Å². The number of carbonyl (C=O) groups excluding carboxylic acids is 1. The topological polar surface area (TPSA) is 61.4 Å². The highest BCUT2D eigenvalue weighted by Crippen LogP contribution is 2.17. The average molecular weight is 236 g/mol. The summed E-state index contributed by atoms with van der Waals surface area (Å²) in [4.78, 5) is 10.9. The molecule has 17 heavy (non-hydrogen) atoms. The molecule has 4 heteroatoms. The zero-order chi connectivity index (χ0) is 12.8. The van der Waals surface area contributed by atoms with Crippen molar-refractivity contribution in [3.05, 3.63) is 29.8 Å². The third kappa shape index (κ3) is 4.97. The normalized spacial score (nSPS) is 14.1. The Labute approximate surface area is 102 Å². The molecule has 1 aromatic carbocycles. The van der Waals surface area contributed by atoms with Crippen molar-refractivity contribution in [1.82, 2.24) is 5.32 Å². The molecule has 2 atom stereocenters. The summed E-state index contributed by atoms with van der Waals surface area (Å²) in [6.45, 7) is 5.80. The zero-order valence-corrected chi connectivity index (χ0v) is 10.5. The van der Waals surface area contributed by atoms with Gasteiger partial charge in [-0.15, -0.1) is 0 Å². The molecule has 0 aliphatic carbocycles. The van der Waals surface area contributed by atoms with Crippen LogP contribution in [0.2, 0.25) is 0 Å². The first-order valence-corrected chi connectivity index (χ1v) is 5.78. The molecule has 0 aliphatic rings. The molecular formula is C13H20N2O2. The maximum absolute atomic E-state index is 10.9. The van der Waals surface area contributed by atoms with Crippen molar-refractivity contribution >= 4 is 11.6 Å².